The summed E-state index contributed by atoms with van der Waals surface area (Å²) in [5.74, 6) is -0.407. The largest absolute Gasteiger partial charge is 0.417 e. The lowest BCUT2D eigenvalue weighted by molar-refractivity contribution is -0.137. The van der Waals surface area contributed by atoms with Gasteiger partial charge in [-0.1, -0.05) is 0 Å². The van der Waals surface area contributed by atoms with Gasteiger partial charge >= 0.3 is 6.18 Å². The Bertz CT molecular complexity index is 720. The molecule has 0 aliphatic heterocycles. The van der Waals surface area contributed by atoms with Crippen LogP contribution < -0.4 is 5.32 Å². The summed E-state index contributed by atoms with van der Waals surface area (Å²) in [7, 11) is 0. The normalized spacial score (nSPS) is 11.0. The predicted octanol–water partition coefficient (Wildman–Crippen LogP) is 5.06. The maximum atomic E-state index is 13.0. The molecule has 0 fully saturated rings. The van der Waals surface area contributed by atoms with E-state index in [1.165, 1.54) is 30.3 Å². The van der Waals surface area contributed by atoms with Gasteiger partial charge in [-0.25, -0.2) is 4.39 Å². The number of halogens is 5. The van der Waals surface area contributed by atoms with Crippen LogP contribution in [-0.2, 0) is 6.18 Å². The van der Waals surface area contributed by atoms with Crippen LogP contribution in [0.2, 0.25) is 0 Å². The van der Waals surface area contributed by atoms with Crippen LogP contribution in [0.1, 0.15) is 11.1 Å². The molecule has 21 heavy (non-hydrogen) atoms. The Hall–Kier alpha value is -1.82. The first kappa shape index (κ1) is 15.6. The van der Waals surface area contributed by atoms with Gasteiger partial charge in [0.1, 0.15) is 5.82 Å². The molecular formula is C14H7F4IN2. The first-order chi connectivity index (χ1) is 9.81. The molecule has 0 saturated heterocycles. The lowest BCUT2D eigenvalue weighted by Gasteiger charge is -2.12. The maximum absolute atomic E-state index is 13.0. The third-order valence-electron chi connectivity index (χ3n) is 2.66. The number of nitriles is 1. The summed E-state index contributed by atoms with van der Waals surface area (Å²) < 4.78 is 51.6. The molecule has 0 aliphatic carbocycles. The summed E-state index contributed by atoms with van der Waals surface area (Å²) in [6.07, 6.45) is -4.58. The number of hydrogen-bond acceptors (Lipinski definition) is 2. The highest BCUT2D eigenvalue weighted by Gasteiger charge is 2.33. The Morgan fingerprint density at radius 2 is 1.81 bits per heavy atom. The molecule has 2 rings (SSSR count). The summed E-state index contributed by atoms with van der Waals surface area (Å²) >= 11 is 1.90. The topological polar surface area (TPSA) is 35.8 Å². The Morgan fingerprint density at radius 3 is 2.38 bits per heavy atom. The minimum absolute atomic E-state index is 0.323. The minimum Gasteiger partial charge on any atom is -0.355 e. The second-order valence-electron chi connectivity index (χ2n) is 4.12. The number of alkyl halides is 3. The van der Waals surface area contributed by atoms with Crippen LogP contribution in [0.4, 0.5) is 28.9 Å². The Labute approximate surface area is 131 Å². The molecule has 2 aromatic carbocycles. The molecule has 0 unspecified atom stereocenters. The molecule has 0 saturated carbocycles. The third kappa shape index (κ3) is 3.64. The van der Waals surface area contributed by atoms with E-state index in [4.69, 9.17) is 5.26 Å². The van der Waals surface area contributed by atoms with Crippen molar-refractivity contribution in [1.29, 1.82) is 5.26 Å². The Morgan fingerprint density at radius 1 is 1.10 bits per heavy atom. The van der Waals surface area contributed by atoms with Gasteiger partial charge in [0.05, 0.1) is 22.9 Å². The van der Waals surface area contributed by atoms with Gasteiger partial charge in [0, 0.05) is 9.26 Å². The summed E-state index contributed by atoms with van der Waals surface area (Å²) in [6, 6.07) is 8.71. The smallest absolute Gasteiger partial charge is 0.355 e. The van der Waals surface area contributed by atoms with Gasteiger partial charge in [0.15, 0.2) is 0 Å². The molecule has 2 nitrogen and oxygen atoms in total. The molecule has 0 radical (unpaired) electrons. The SMILES string of the molecule is N#Cc1cc(Nc2ccc(F)cc2I)ccc1C(F)(F)F. The van der Waals surface area contributed by atoms with E-state index in [9.17, 15) is 17.6 Å². The van der Waals surface area contributed by atoms with Crippen molar-refractivity contribution < 1.29 is 17.6 Å². The maximum Gasteiger partial charge on any atom is 0.417 e. The van der Waals surface area contributed by atoms with Crippen LogP contribution in [0.3, 0.4) is 0 Å². The van der Waals surface area contributed by atoms with E-state index in [-0.39, 0.29) is 0 Å². The zero-order chi connectivity index (χ0) is 15.6. The summed E-state index contributed by atoms with van der Waals surface area (Å²) in [6.45, 7) is 0. The van der Waals surface area contributed by atoms with E-state index in [0.717, 1.165) is 12.1 Å². The number of hydrogen-bond donors (Lipinski definition) is 1. The van der Waals surface area contributed by atoms with Crippen LogP contribution in [0.15, 0.2) is 36.4 Å². The number of benzene rings is 2. The average Bonchev–Trinajstić information content (AvgIpc) is 2.40. The second kappa shape index (κ2) is 5.89. The first-order valence-corrected chi connectivity index (χ1v) is 6.72. The van der Waals surface area contributed by atoms with Crippen molar-refractivity contribution in [1.82, 2.24) is 0 Å². The fourth-order valence-electron chi connectivity index (χ4n) is 1.71. The van der Waals surface area contributed by atoms with Crippen molar-refractivity contribution in [2.75, 3.05) is 5.32 Å². The van der Waals surface area contributed by atoms with Crippen molar-refractivity contribution in [2.24, 2.45) is 0 Å². The molecule has 0 atom stereocenters. The predicted molar refractivity (Wildman–Crippen MR) is 78.6 cm³/mol. The van der Waals surface area contributed by atoms with E-state index in [1.807, 2.05) is 22.6 Å². The van der Waals surface area contributed by atoms with Crippen molar-refractivity contribution in [3.05, 3.63) is 56.9 Å². The van der Waals surface area contributed by atoms with Crippen molar-refractivity contribution in [2.45, 2.75) is 6.18 Å². The standard InChI is InChI=1S/C14H7F4IN2/c15-9-1-4-13(12(19)6-9)21-10-2-3-11(14(16,17)18)8(5-10)7-20/h1-6,21H. The lowest BCUT2D eigenvalue weighted by Crippen LogP contribution is -2.08. The molecule has 7 heteroatoms. The monoisotopic (exact) mass is 406 g/mol. The molecule has 0 heterocycles. The number of anilines is 2. The molecule has 0 spiro atoms. The highest BCUT2D eigenvalue weighted by molar-refractivity contribution is 14.1. The summed E-state index contributed by atoms with van der Waals surface area (Å²) in [4.78, 5) is 0. The fourth-order valence-corrected chi connectivity index (χ4v) is 2.32. The zero-order valence-corrected chi connectivity index (χ0v) is 12.5. The molecule has 2 aromatic rings. The van der Waals surface area contributed by atoms with E-state index in [1.54, 1.807) is 0 Å². The molecule has 0 aromatic heterocycles. The second-order valence-corrected chi connectivity index (χ2v) is 5.28. The average molecular weight is 406 g/mol. The van der Waals surface area contributed by atoms with Gasteiger partial charge in [0.25, 0.3) is 0 Å². The molecule has 0 aliphatic rings. The highest BCUT2D eigenvalue weighted by Crippen LogP contribution is 2.34. The van der Waals surface area contributed by atoms with Gasteiger partial charge in [0.2, 0.25) is 0 Å². The van der Waals surface area contributed by atoms with Crippen LogP contribution in [0.25, 0.3) is 0 Å². The zero-order valence-electron chi connectivity index (χ0n) is 10.3. The molecule has 108 valence electrons. The van der Waals surface area contributed by atoms with Gasteiger partial charge < -0.3 is 5.32 Å². The third-order valence-corrected chi connectivity index (χ3v) is 3.55. The van der Waals surface area contributed by atoms with Gasteiger partial charge in [-0.15, -0.1) is 0 Å². The van der Waals surface area contributed by atoms with Crippen molar-refractivity contribution >= 4 is 34.0 Å². The van der Waals surface area contributed by atoms with Crippen molar-refractivity contribution in [3.8, 4) is 6.07 Å². The quantitative estimate of drug-likeness (QED) is 0.559. The van der Waals surface area contributed by atoms with Gasteiger partial charge in [-0.3, -0.25) is 0 Å². The van der Waals surface area contributed by atoms with Gasteiger partial charge in [-0.2, -0.15) is 18.4 Å². The lowest BCUT2D eigenvalue weighted by atomic mass is 10.1. The Kier molecular flexibility index (Phi) is 4.37. The number of nitrogens with one attached hydrogen (secondary N) is 1. The van der Waals surface area contributed by atoms with Gasteiger partial charge in [-0.05, 0) is 59.0 Å². The van der Waals surface area contributed by atoms with Crippen molar-refractivity contribution in [3.63, 3.8) is 0 Å². The van der Waals surface area contributed by atoms with Crippen LogP contribution in [-0.4, -0.2) is 0 Å². The van der Waals surface area contributed by atoms with Crippen LogP contribution >= 0.6 is 22.6 Å². The Balaban J connectivity index is 2.36. The van der Waals surface area contributed by atoms with E-state index >= 15 is 0 Å². The molecule has 0 bridgehead atoms. The number of nitrogens with zero attached hydrogens (tertiary/aromatic N) is 1. The fraction of sp³-hybridized carbons (Fsp3) is 0.0714. The summed E-state index contributed by atoms with van der Waals surface area (Å²) in [5, 5.41) is 11.7. The summed E-state index contributed by atoms with van der Waals surface area (Å²) in [5.41, 5.74) is -0.585. The number of rotatable bonds is 2. The molecule has 0 amide bonds. The van der Waals surface area contributed by atoms with E-state index in [2.05, 4.69) is 5.32 Å². The van der Waals surface area contributed by atoms with E-state index < -0.39 is 23.1 Å². The van der Waals surface area contributed by atoms with E-state index in [0.29, 0.717) is 14.9 Å². The van der Waals surface area contributed by atoms with Crippen LogP contribution in [0, 0.1) is 20.7 Å². The highest BCUT2D eigenvalue weighted by atomic mass is 127. The molecular weight excluding hydrogens is 399 g/mol. The minimum atomic E-state index is -4.58. The van der Waals surface area contributed by atoms with Crippen LogP contribution in [0.5, 0.6) is 0 Å². The first-order valence-electron chi connectivity index (χ1n) is 5.64. The molecule has 1 N–H and O–H groups in total.